The average molecular weight is 439 g/mol. The molecule has 1 aromatic heterocycles. The van der Waals surface area contributed by atoms with Crippen molar-refractivity contribution in [3.63, 3.8) is 0 Å². The first kappa shape index (κ1) is 25.9. The molecule has 176 valence electrons. The Bertz CT molecular complexity index is 822. The van der Waals surface area contributed by atoms with Crippen molar-refractivity contribution in [3.8, 4) is 0 Å². The summed E-state index contributed by atoms with van der Waals surface area (Å²) in [4.78, 5) is 19.4. The molecule has 1 N–H and O–H groups in total. The van der Waals surface area contributed by atoms with Gasteiger partial charge in [0.25, 0.3) is 0 Å². The van der Waals surface area contributed by atoms with Crippen LogP contribution in [-0.2, 0) is 9.53 Å². The highest BCUT2D eigenvalue weighted by Gasteiger charge is 2.06. The minimum Gasteiger partial charge on any atom is -0.469 e. The van der Waals surface area contributed by atoms with Gasteiger partial charge in [-0.1, -0.05) is 82.2 Å². The highest BCUT2D eigenvalue weighted by atomic mass is 16.5. The Morgan fingerprint density at radius 2 is 1.81 bits per heavy atom. The lowest BCUT2D eigenvalue weighted by molar-refractivity contribution is -0.140. The lowest BCUT2D eigenvalue weighted by Gasteiger charge is -2.10. The van der Waals surface area contributed by atoms with E-state index in [2.05, 4.69) is 65.5 Å². The van der Waals surface area contributed by atoms with Crippen molar-refractivity contribution in [3.05, 3.63) is 48.2 Å². The zero-order valence-corrected chi connectivity index (χ0v) is 20.2. The summed E-state index contributed by atoms with van der Waals surface area (Å²) in [6, 6.07) is 8.76. The van der Waals surface area contributed by atoms with Gasteiger partial charge >= 0.3 is 5.97 Å². The molecular weight excluding hydrogens is 396 g/mol. The molecule has 0 fully saturated rings. The predicted molar refractivity (Wildman–Crippen MR) is 137 cm³/mol. The van der Waals surface area contributed by atoms with Crippen molar-refractivity contribution in [1.29, 1.82) is 0 Å². The molecule has 1 heterocycles. The molecule has 32 heavy (non-hydrogen) atoms. The van der Waals surface area contributed by atoms with E-state index >= 15 is 0 Å². The number of H-pyrrole nitrogens is 1. The van der Waals surface area contributed by atoms with Gasteiger partial charge in [0.15, 0.2) is 0 Å². The lowest BCUT2D eigenvalue weighted by atomic mass is 10.0. The number of aromatic nitrogens is 1. The monoisotopic (exact) mass is 438 g/mol. The van der Waals surface area contributed by atoms with Crippen LogP contribution in [0.5, 0.6) is 0 Å². The number of hydrogen-bond acceptors (Lipinski definition) is 3. The third-order valence-electron chi connectivity index (χ3n) is 5.99. The summed E-state index contributed by atoms with van der Waals surface area (Å²) in [6.07, 6.45) is 23.5. The fraction of sp³-hybridized carbons (Fsp3) is 0.571. The van der Waals surface area contributed by atoms with E-state index in [1.54, 1.807) is 0 Å². The number of methoxy groups -OCH3 is 1. The number of ether oxygens (including phenoxy) is 1. The van der Waals surface area contributed by atoms with Crippen LogP contribution in [0.4, 0.5) is 0 Å². The maximum Gasteiger partial charge on any atom is 0.305 e. The number of nitrogens with zero attached hydrogens (tertiary/aromatic N) is 1. The van der Waals surface area contributed by atoms with Crippen molar-refractivity contribution >= 4 is 23.1 Å². The van der Waals surface area contributed by atoms with E-state index < -0.39 is 0 Å². The van der Waals surface area contributed by atoms with Crippen LogP contribution in [0.1, 0.15) is 96.0 Å². The molecule has 0 aliphatic carbocycles. The summed E-state index contributed by atoms with van der Waals surface area (Å²) < 4.78 is 4.68. The second kappa shape index (κ2) is 16.3. The smallest absolute Gasteiger partial charge is 0.305 e. The van der Waals surface area contributed by atoms with Crippen LogP contribution >= 0.6 is 0 Å². The van der Waals surface area contributed by atoms with Gasteiger partial charge in [-0.15, -0.1) is 0 Å². The van der Waals surface area contributed by atoms with Gasteiger partial charge in [0.2, 0.25) is 0 Å². The Morgan fingerprint density at radius 3 is 2.66 bits per heavy atom. The molecule has 1 atom stereocenters. The quantitative estimate of drug-likeness (QED) is 0.119. The number of nitrogens with one attached hydrogen (secondary N) is 1. The molecule has 0 saturated heterocycles. The third-order valence-corrected chi connectivity index (χ3v) is 5.99. The molecule has 2 aromatic rings. The Kier molecular flexibility index (Phi) is 13.2. The highest BCUT2D eigenvalue weighted by Crippen LogP contribution is 2.18. The number of unbranched alkanes of at least 4 members (excludes halogenated alkanes) is 8. The van der Waals surface area contributed by atoms with Crippen molar-refractivity contribution in [1.82, 2.24) is 4.98 Å². The fourth-order valence-corrected chi connectivity index (χ4v) is 3.98. The van der Waals surface area contributed by atoms with Gasteiger partial charge in [0, 0.05) is 35.3 Å². The molecule has 0 spiro atoms. The second-order valence-corrected chi connectivity index (χ2v) is 8.66. The number of allylic oxidation sites excluding steroid dienone is 1. The summed E-state index contributed by atoms with van der Waals surface area (Å²) >= 11 is 0. The Balaban J connectivity index is 1.73. The maximum atomic E-state index is 11.1. The van der Waals surface area contributed by atoms with Gasteiger partial charge in [-0.3, -0.25) is 9.79 Å². The molecule has 1 unspecified atom stereocenters. The molecule has 0 aliphatic heterocycles. The Morgan fingerprint density at radius 1 is 1.03 bits per heavy atom. The zero-order chi connectivity index (χ0) is 22.9. The molecule has 4 nitrogen and oxygen atoms in total. The molecule has 4 heteroatoms. The van der Waals surface area contributed by atoms with Crippen LogP contribution in [0.3, 0.4) is 0 Å². The van der Waals surface area contributed by atoms with Gasteiger partial charge in [-0.05, 0) is 38.2 Å². The number of benzene rings is 1. The van der Waals surface area contributed by atoms with Crippen LogP contribution in [0.25, 0.3) is 10.9 Å². The number of rotatable bonds is 17. The van der Waals surface area contributed by atoms with Crippen molar-refractivity contribution in [2.45, 2.75) is 96.4 Å². The molecule has 0 radical (unpaired) electrons. The summed E-state index contributed by atoms with van der Waals surface area (Å²) in [7, 11) is 1.46. The van der Waals surface area contributed by atoms with E-state index in [4.69, 9.17) is 4.99 Å². The molecule has 1 aromatic carbocycles. The number of aromatic amines is 1. The van der Waals surface area contributed by atoms with Gasteiger partial charge in [0.1, 0.15) is 0 Å². The molecule has 0 bridgehead atoms. The average Bonchev–Trinajstić information content (AvgIpc) is 3.23. The first-order valence-corrected chi connectivity index (χ1v) is 12.6. The minimum absolute atomic E-state index is 0.0930. The van der Waals surface area contributed by atoms with Gasteiger partial charge in [-0.2, -0.15) is 0 Å². The van der Waals surface area contributed by atoms with Crippen molar-refractivity contribution in [2.75, 3.05) is 7.11 Å². The van der Waals surface area contributed by atoms with Crippen LogP contribution in [0, 0.1) is 0 Å². The number of carbonyl (C=O) groups is 1. The highest BCUT2D eigenvalue weighted by molar-refractivity contribution is 5.98. The molecule has 0 saturated carbocycles. The predicted octanol–water partition coefficient (Wildman–Crippen LogP) is 7.78. The summed E-state index contributed by atoms with van der Waals surface area (Å²) in [6.45, 7) is 2.26. The number of aliphatic imine (C=N–C) groups is 1. The van der Waals surface area contributed by atoms with E-state index in [9.17, 15) is 4.79 Å². The van der Waals surface area contributed by atoms with Crippen LogP contribution in [0.2, 0.25) is 0 Å². The maximum absolute atomic E-state index is 11.1. The van der Waals surface area contributed by atoms with E-state index in [-0.39, 0.29) is 5.97 Å². The number of carbonyl (C=O) groups excluding carboxylic acids is 1. The zero-order valence-electron chi connectivity index (χ0n) is 20.2. The Labute approximate surface area is 194 Å². The van der Waals surface area contributed by atoms with Gasteiger partial charge in [0.05, 0.1) is 13.2 Å². The molecular formula is C28H42N2O2. The largest absolute Gasteiger partial charge is 0.469 e. The minimum atomic E-state index is -0.0930. The molecule has 0 aliphatic rings. The van der Waals surface area contributed by atoms with Crippen LogP contribution in [0.15, 0.2) is 47.6 Å². The van der Waals surface area contributed by atoms with Gasteiger partial charge < -0.3 is 9.72 Å². The molecule has 0 amide bonds. The van der Waals surface area contributed by atoms with E-state index in [0.717, 1.165) is 32.1 Å². The topological polar surface area (TPSA) is 54.4 Å². The third kappa shape index (κ3) is 10.3. The second-order valence-electron chi connectivity index (χ2n) is 8.66. The number of esters is 1. The normalized spacial score (nSPS) is 12.8. The van der Waals surface area contributed by atoms with Crippen molar-refractivity contribution in [2.24, 2.45) is 4.99 Å². The first-order chi connectivity index (χ1) is 15.7. The van der Waals surface area contributed by atoms with E-state index in [0.29, 0.717) is 12.5 Å². The number of para-hydroxylation sites is 1. The lowest BCUT2D eigenvalue weighted by Crippen LogP contribution is -2.04. The van der Waals surface area contributed by atoms with Crippen LogP contribution < -0.4 is 0 Å². The van der Waals surface area contributed by atoms with E-state index in [1.807, 2.05) is 0 Å². The van der Waals surface area contributed by atoms with E-state index in [1.165, 1.54) is 68.5 Å². The number of fused-ring (bicyclic) bond motifs is 1. The standard InChI is InChI=1S/C28H42N2O2/c1-3-4-5-12-17-25(29-22-24-23-30-27-20-16-15-19-26(24)27)18-13-10-8-6-7-9-11-14-21-28(31)32-2/h10,13,15-16,19-20,22-23,25,30H,3-9,11-12,14,17-18,21H2,1-2H3/b13-10-,29-22?. The summed E-state index contributed by atoms with van der Waals surface area (Å²) in [5.74, 6) is -0.0930. The van der Waals surface area contributed by atoms with Gasteiger partial charge in [-0.25, -0.2) is 0 Å². The summed E-state index contributed by atoms with van der Waals surface area (Å²) in [5.41, 5.74) is 2.34. The Hall–Kier alpha value is -2.36. The molecule has 2 rings (SSSR count). The fourth-order valence-electron chi connectivity index (χ4n) is 3.98. The first-order valence-electron chi connectivity index (χ1n) is 12.6. The number of hydrogen-bond donors (Lipinski definition) is 1. The van der Waals surface area contributed by atoms with Crippen molar-refractivity contribution < 1.29 is 9.53 Å². The SMILES string of the molecule is CCCCCCC(C/C=C\CCCCCCCC(=O)OC)N=Cc1c[nH]c2ccccc12. The summed E-state index contributed by atoms with van der Waals surface area (Å²) in [5, 5.41) is 1.24. The van der Waals surface area contributed by atoms with Crippen LogP contribution in [-0.4, -0.2) is 30.3 Å².